The van der Waals surface area contributed by atoms with Crippen molar-refractivity contribution in [3.8, 4) is 0 Å². The second kappa shape index (κ2) is 14.9. The van der Waals surface area contributed by atoms with Crippen LogP contribution in [0.1, 0.15) is 150 Å². The number of carbonyl (C=O) groups is 2. The molecule has 5 aliphatic rings. The summed E-state index contributed by atoms with van der Waals surface area (Å²) in [6, 6.07) is 16.1. The third-order valence-corrected chi connectivity index (χ3v) is 14.2. The number of aromatic nitrogens is 4. The van der Waals surface area contributed by atoms with Crippen molar-refractivity contribution in [2.24, 2.45) is 0 Å². The molecule has 0 atom stereocenters. The average Bonchev–Trinajstić information content (AvgIpc) is 4.06. The van der Waals surface area contributed by atoms with Crippen LogP contribution in [0.15, 0.2) is 48.5 Å². The molecule has 2 aromatic carbocycles. The van der Waals surface area contributed by atoms with Gasteiger partial charge in [0.05, 0.1) is 47.4 Å². The van der Waals surface area contributed by atoms with Crippen LogP contribution in [0.3, 0.4) is 0 Å². The highest BCUT2D eigenvalue weighted by molar-refractivity contribution is 5.91. The van der Waals surface area contributed by atoms with Gasteiger partial charge in [-0.15, -0.1) is 0 Å². The Balaban J connectivity index is 1.29. The first-order valence-electron chi connectivity index (χ1n) is 22.3. The van der Waals surface area contributed by atoms with E-state index >= 15 is 0 Å². The minimum atomic E-state index is -0.325. The van der Waals surface area contributed by atoms with E-state index in [0.29, 0.717) is 11.1 Å². The summed E-state index contributed by atoms with van der Waals surface area (Å²) < 4.78 is 10.2. The molecule has 4 N–H and O–H groups in total. The monoisotopic (exact) mass is 796 g/mol. The van der Waals surface area contributed by atoms with Crippen LogP contribution < -0.4 is 21.4 Å². The third-order valence-electron chi connectivity index (χ3n) is 14.2. The van der Waals surface area contributed by atoms with Gasteiger partial charge in [-0.05, 0) is 195 Å². The maximum Gasteiger partial charge on any atom is 0.337 e. The Morgan fingerprint density at radius 3 is 1.12 bits per heavy atom. The van der Waals surface area contributed by atoms with Gasteiger partial charge in [-0.1, -0.05) is 24.3 Å². The molecule has 60 heavy (non-hydrogen) atoms. The summed E-state index contributed by atoms with van der Waals surface area (Å²) in [7, 11) is 2.88. The van der Waals surface area contributed by atoms with E-state index in [0.717, 1.165) is 88.2 Å². The summed E-state index contributed by atoms with van der Waals surface area (Å²) in [4.78, 5) is 41.7. The van der Waals surface area contributed by atoms with E-state index in [-0.39, 0.29) is 11.9 Å². The van der Waals surface area contributed by atoms with Crippen LogP contribution in [-0.2, 0) is 60.8 Å². The van der Waals surface area contributed by atoms with Gasteiger partial charge in [0.1, 0.15) is 0 Å². The highest BCUT2D eigenvalue weighted by Crippen LogP contribution is 2.37. The van der Waals surface area contributed by atoms with Crippen LogP contribution in [0, 0.1) is 0 Å². The van der Waals surface area contributed by atoms with Gasteiger partial charge >= 0.3 is 11.9 Å². The quantitative estimate of drug-likeness (QED) is 0.151. The Labute approximate surface area is 349 Å². The van der Waals surface area contributed by atoms with Crippen molar-refractivity contribution in [3.05, 3.63) is 159 Å². The number of esters is 2. The van der Waals surface area contributed by atoms with Crippen molar-refractivity contribution in [2.45, 2.75) is 103 Å². The van der Waals surface area contributed by atoms with E-state index in [1.54, 1.807) is 0 Å². The molecule has 11 rings (SSSR count). The lowest BCUT2D eigenvalue weighted by molar-refractivity contribution is 0.0592. The summed E-state index contributed by atoms with van der Waals surface area (Å²) in [6.45, 7) is 0. The number of nitrogens with one attached hydrogen (secondary N) is 4. The second-order valence-corrected chi connectivity index (χ2v) is 17.5. The molecule has 6 aromatic rings. The summed E-state index contributed by atoms with van der Waals surface area (Å²) in [6.07, 6.45) is 22.3. The Hall–Kier alpha value is -6.02. The number of rotatable bonds is 4. The number of fused-ring (bicyclic) bond motifs is 20. The first-order chi connectivity index (χ1) is 29.5. The van der Waals surface area contributed by atoms with Gasteiger partial charge in [-0.3, -0.25) is 0 Å². The topological polar surface area (TPSA) is 116 Å². The number of hydrogen-bond acceptors (Lipinski definition) is 4. The molecule has 4 aromatic heterocycles. The van der Waals surface area contributed by atoms with Crippen LogP contribution in [0.2, 0.25) is 0 Å². The molecule has 0 amide bonds. The normalized spacial score (nSPS) is 16.8. The van der Waals surface area contributed by atoms with Crippen molar-refractivity contribution in [3.63, 3.8) is 0 Å². The standard InChI is InChI=1S/C52H52N4O4/c1-59-51(57)31-23-19-29(20-24-31)45-47-37-15-7-3-11-33(37)41(53-47)27-43-35-13-5-9-17-39(35)49(55-43)46(30-21-25-32(26-22-30)52(58)60-2)50-40-18-10-6-14-36(40)44(56-50)28-42-34-12-4-8-16-38(34)48(45)54-42/h19-28,53-56H,3-18H2,1-2H3. The number of hydrogen-bond donors (Lipinski definition) is 4. The van der Waals surface area contributed by atoms with Gasteiger partial charge < -0.3 is 29.4 Å². The lowest BCUT2D eigenvalue weighted by atomic mass is 9.86. The molecule has 0 radical (unpaired) electrons. The molecule has 8 bridgehead atoms. The fourth-order valence-electron chi connectivity index (χ4n) is 11.3. The lowest BCUT2D eigenvalue weighted by Gasteiger charge is -2.17. The van der Waals surface area contributed by atoms with Crippen LogP contribution in [0.4, 0.5) is 0 Å². The molecular weight excluding hydrogens is 745 g/mol. The molecule has 8 nitrogen and oxygen atoms in total. The first kappa shape index (κ1) is 37.0. The maximum absolute atomic E-state index is 12.6. The van der Waals surface area contributed by atoms with Crippen molar-refractivity contribution >= 4 is 35.2 Å². The summed E-state index contributed by atoms with van der Waals surface area (Å²) in [5, 5.41) is 4.75. The molecule has 304 valence electrons. The summed E-state index contributed by atoms with van der Waals surface area (Å²) >= 11 is 0. The molecule has 0 spiro atoms. The van der Waals surface area contributed by atoms with Gasteiger partial charge in [0.15, 0.2) is 0 Å². The van der Waals surface area contributed by atoms with Crippen molar-refractivity contribution in [2.75, 3.05) is 14.2 Å². The van der Waals surface area contributed by atoms with Crippen LogP contribution in [-0.4, -0.2) is 46.1 Å². The number of ether oxygens (including phenoxy) is 2. The van der Waals surface area contributed by atoms with E-state index in [4.69, 9.17) is 9.47 Å². The van der Waals surface area contributed by atoms with Crippen LogP contribution in [0.5, 0.6) is 0 Å². The molecule has 8 heteroatoms. The SMILES string of the molecule is COC(=O)c1ccc(C2=c3[nH]c(c4c3CCCC4)=Cc3[nH]c(c4c3CCCC4)C(c3ccc(C(=O)OC)cc3)=c3[nH]c(c4c3CCCC4)=Cc3[nH]c2c2c3CCCC2)cc1. The second-order valence-electron chi connectivity index (χ2n) is 17.5. The van der Waals surface area contributed by atoms with E-state index in [9.17, 15) is 9.59 Å². The molecule has 0 saturated heterocycles. The first-order valence-corrected chi connectivity index (χ1v) is 22.3. The van der Waals surface area contributed by atoms with Gasteiger partial charge in [0.25, 0.3) is 0 Å². The molecular formula is C52H52N4O4. The minimum Gasteiger partial charge on any atom is -0.465 e. The maximum atomic E-state index is 12.6. The number of benzene rings is 2. The van der Waals surface area contributed by atoms with Gasteiger partial charge in [-0.25, -0.2) is 9.59 Å². The fraction of sp³-hybridized carbons (Fsp3) is 0.346. The zero-order valence-electron chi connectivity index (χ0n) is 34.7. The number of H-pyrrole nitrogens is 4. The van der Waals surface area contributed by atoms with Gasteiger partial charge in [-0.2, -0.15) is 0 Å². The molecule has 1 aliphatic heterocycles. The fourth-order valence-corrected chi connectivity index (χ4v) is 11.3. The largest absolute Gasteiger partial charge is 0.465 e. The predicted molar refractivity (Wildman–Crippen MR) is 234 cm³/mol. The molecule has 0 unspecified atom stereocenters. The Kier molecular flexibility index (Phi) is 9.20. The van der Waals surface area contributed by atoms with Crippen molar-refractivity contribution in [1.29, 1.82) is 0 Å². The highest BCUT2D eigenvalue weighted by Gasteiger charge is 2.29. The summed E-state index contributed by atoms with van der Waals surface area (Å²) in [5.41, 5.74) is 21.7. The van der Waals surface area contributed by atoms with Crippen molar-refractivity contribution in [1.82, 2.24) is 19.9 Å². The summed E-state index contributed by atoms with van der Waals surface area (Å²) in [5.74, 6) is -0.651. The number of aromatic amines is 4. The minimum absolute atomic E-state index is 0.325. The molecule has 5 heterocycles. The molecule has 0 fully saturated rings. The predicted octanol–water partition coefficient (Wildman–Crippen LogP) is 6.55. The average molecular weight is 797 g/mol. The zero-order chi connectivity index (χ0) is 40.5. The third kappa shape index (κ3) is 6.01. The van der Waals surface area contributed by atoms with Crippen LogP contribution >= 0.6 is 0 Å². The van der Waals surface area contributed by atoms with E-state index < -0.39 is 0 Å². The van der Waals surface area contributed by atoms with Gasteiger partial charge in [0, 0.05) is 33.2 Å². The van der Waals surface area contributed by atoms with Crippen LogP contribution in [0.25, 0.3) is 23.3 Å². The highest BCUT2D eigenvalue weighted by atomic mass is 16.5. The van der Waals surface area contributed by atoms with E-state index in [1.165, 1.54) is 140 Å². The van der Waals surface area contributed by atoms with Crippen molar-refractivity contribution < 1.29 is 19.1 Å². The Morgan fingerprint density at radius 2 is 0.750 bits per heavy atom. The smallest absolute Gasteiger partial charge is 0.337 e. The molecule has 4 aliphatic carbocycles. The van der Waals surface area contributed by atoms with E-state index in [2.05, 4.69) is 56.4 Å². The number of carbonyl (C=O) groups excluding carboxylic acids is 2. The van der Waals surface area contributed by atoms with Gasteiger partial charge in [0.2, 0.25) is 0 Å². The lowest BCUT2D eigenvalue weighted by Crippen LogP contribution is -2.19. The zero-order valence-corrected chi connectivity index (χ0v) is 34.7. The Bertz CT molecular complexity index is 2780. The number of methoxy groups -OCH3 is 2. The van der Waals surface area contributed by atoms with E-state index in [1.807, 2.05) is 24.3 Å². The molecule has 0 saturated carbocycles. The Morgan fingerprint density at radius 1 is 0.417 bits per heavy atom.